The predicted molar refractivity (Wildman–Crippen MR) is 62.6 cm³/mol. The van der Waals surface area contributed by atoms with E-state index in [0.717, 1.165) is 0 Å². The molecule has 0 aliphatic heterocycles. The van der Waals surface area contributed by atoms with E-state index in [1.165, 1.54) is 18.2 Å². The minimum atomic E-state index is -0.655. The molecule has 90 valence electrons. The molecule has 0 heterocycles. The maximum Gasteiger partial charge on any atom is 0.226 e. The SMILES string of the molecule is CC(C)(N)CC(=O)Nc1cccc(F)c1C#N. The molecule has 1 aromatic rings. The Balaban J connectivity index is 2.87. The summed E-state index contributed by atoms with van der Waals surface area (Å²) in [6, 6.07) is 5.78. The van der Waals surface area contributed by atoms with Crippen LogP contribution in [0.15, 0.2) is 18.2 Å². The van der Waals surface area contributed by atoms with Gasteiger partial charge in [0.2, 0.25) is 5.91 Å². The number of nitrogens with two attached hydrogens (primary N) is 1. The van der Waals surface area contributed by atoms with Gasteiger partial charge in [-0.1, -0.05) is 6.07 Å². The van der Waals surface area contributed by atoms with Gasteiger partial charge in [-0.2, -0.15) is 5.26 Å². The van der Waals surface area contributed by atoms with Crippen molar-refractivity contribution in [3.8, 4) is 6.07 Å². The Morgan fingerprint density at radius 1 is 1.59 bits per heavy atom. The highest BCUT2D eigenvalue weighted by atomic mass is 19.1. The number of benzene rings is 1. The molecule has 0 saturated heterocycles. The van der Waals surface area contributed by atoms with Crippen LogP contribution in [0.25, 0.3) is 0 Å². The summed E-state index contributed by atoms with van der Waals surface area (Å²) in [6.07, 6.45) is 0.0916. The van der Waals surface area contributed by atoms with Crippen molar-refractivity contribution in [1.29, 1.82) is 5.26 Å². The molecular weight excluding hydrogens is 221 g/mol. The maximum atomic E-state index is 13.2. The molecule has 17 heavy (non-hydrogen) atoms. The van der Waals surface area contributed by atoms with Gasteiger partial charge in [0, 0.05) is 12.0 Å². The van der Waals surface area contributed by atoms with Crippen molar-refractivity contribution >= 4 is 11.6 Å². The van der Waals surface area contributed by atoms with Gasteiger partial charge in [-0.3, -0.25) is 4.79 Å². The fraction of sp³-hybridized carbons (Fsp3) is 0.333. The first-order chi connectivity index (χ1) is 7.83. The molecule has 1 aromatic carbocycles. The van der Waals surface area contributed by atoms with E-state index in [4.69, 9.17) is 11.0 Å². The van der Waals surface area contributed by atoms with E-state index < -0.39 is 11.4 Å². The number of hydrogen-bond donors (Lipinski definition) is 2. The Labute approximate surface area is 99.2 Å². The largest absolute Gasteiger partial charge is 0.325 e. The fourth-order valence-electron chi connectivity index (χ4n) is 1.35. The smallest absolute Gasteiger partial charge is 0.226 e. The summed E-state index contributed by atoms with van der Waals surface area (Å²) in [5.41, 5.74) is 5.04. The van der Waals surface area contributed by atoms with E-state index in [9.17, 15) is 9.18 Å². The number of nitriles is 1. The van der Waals surface area contributed by atoms with Crippen molar-refractivity contribution in [2.75, 3.05) is 5.32 Å². The molecule has 0 fully saturated rings. The summed E-state index contributed by atoms with van der Waals surface area (Å²) >= 11 is 0. The van der Waals surface area contributed by atoms with Gasteiger partial charge >= 0.3 is 0 Å². The molecule has 5 heteroatoms. The van der Waals surface area contributed by atoms with Gasteiger partial charge in [-0.25, -0.2) is 4.39 Å². The molecule has 1 rings (SSSR count). The van der Waals surface area contributed by atoms with E-state index in [0.29, 0.717) is 0 Å². The number of halogens is 1. The number of nitrogens with zero attached hydrogens (tertiary/aromatic N) is 1. The zero-order chi connectivity index (χ0) is 13.1. The molecule has 1 amide bonds. The summed E-state index contributed by atoms with van der Waals surface area (Å²) in [7, 11) is 0. The molecule has 0 aromatic heterocycles. The van der Waals surface area contributed by atoms with Gasteiger partial charge in [-0.05, 0) is 26.0 Å². The Bertz CT molecular complexity index is 472. The molecule has 4 nitrogen and oxygen atoms in total. The molecule has 0 unspecified atom stereocenters. The van der Waals surface area contributed by atoms with Crippen LogP contribution in [0.4, 0.5) is 10.1 Å². The Hall–Kier alpha value is -1.93. The molecule has 0 saturated carbocycles. The standard InChI is InChI=1S/C12H14FN3O/c1-12(2,15)6-11(17)16-10-5-3-4-9(13)8(10)7-14/h3-5H,6,15H2,1-2H3,(H,16,17). The number of amides is 1. The lowest BCUT2D eigenvalue weighted by Crippen LogP contribution is -2.36. The van der Waals surface area contributed by atoms with E-state index in [1.54, 1.807) is 19.9 Å². The van der Waals surface area contributed by atoms with E-state index >= 15 is 0 Å². The Morgan fingerprint density at radius 3 is 2.76 bits per heavy atom. The Kier molecular flexibility index (Phi) is 3.81. The first kappa shape index (κ1) is 13.1. The second-order valence-electron chi connectivity index (χ2n) is 4.49. The zero-order valence-corrected chi connectivity index (χ0v) is 9.75. The molecule has 0 aliphatic carbocycles. The first-order valence-corrected chi connectivity index (χ1v) is 5.11. The zero-order valence-electron chi connectivity index (χ0n) is 9.75. The number of hydrogen-bond acceptors (Lipinski definition) is 3. The van der Waals surface area contributed by atoms with E-state index in [2.05, 4.69) is 5.32 Å². The summed E-state index contributed by atoms with van der Waals surface area (Å²) in [4.78, 5) is 11.6. The van der Waals surface area contributed by atoms with Crippen LogP contribution in [0.2, 0.25) is 0 Å². The fourth-order valence-corrected chi connectivity index (χ4v) is 1.35. The van der Waals surface area contributed by atoms with Crippen molar-refractivity contribution in [3.63, 3.8) is 0 Å². The predicted octanol–water partition coefficient (Wildman–Crippen LogP) is 1.76. The number of carbonyl (C=O) groups is 1. The van der Waals surface area contributed by atoms with Gasteiger partial charge in [0.05, 0.1) is 5.69 Å². The molecular formula is C12H14FN3O. The highest BCUT2D eigenvalue weighted by Crippen LogP contribution is 2.18. The highest BCUT2D eigenvalue weighted by Gasteiger charge is 2.18. The Morgan fingerprint density at radius 2 is 2.24 bits per heavy atom. The molecule has 0 bridgehead atoms. The summed E-state index contributed by atoms with van der Waals surface area (Å²) in [5.74, 6) is -1.00. The lowest BCUT2D eigenvalue weighted by Gasteiger charge is -2.17. The number of carbonyl (C=O) groups excluding carboxylic acids is 1. The third kappa shape index (κ3) is 3.85. The number of rotatable bonds is 3. The van der Waals surface area contributed by atoms with Crippen molar-refractivity contribution in [2.24, 2.45) is 5.73 Å². The topological polar surface area (TPSA) is 78.9 Å². The third-order valence-corrected chi connectivity index (χ3v) is 2.02. The molecule has 0 atom stereocenters. The van der Waals surface area contributed by atoms with Crippen LogP contribution in [0.5, 0.6) is 0 Å². The summed E-state index contributed by atoms with van der Waals surface area (Å²) in [6.45, 7) is 3.42. The minimum absolute atomic E-state index is 0.0916. The normalized spacial score (nSPS) is 10.8. The molecule has 0 radical (unpaired) electrons. The van der Waals surface area contributed by atoms with Crippen LogP contribution in [0.3, 0.4) is 0 Å². The second kappa shape index (κ2) is 4.93. The lowest BCUT2D eigenvalue weighted by molar-refractivity contribution is -0.117. The van der Waals surface area contributed by atoms with Crippen molar-refractivity contribution in [2.45, 2.75) is 25.8 Å². The summed E-state index contributed by atoms with van der Waals surface area (Å²) in [5, 5.41) is 11.3. The number of nitrogens with one attached hydrogen (secondary N) is 1. The lowest BCUT2D eigenvalue weighted by atomic mass is 10.0. The average Bonchev–Trinajstić information content (AvgIpc) is 2.14. The van der Waals surface area contributed by atoms with Gasteiger partial charge in [0.1, 0.15) is 17.4 Å². The number of anilines is 1. The van der Waals surface area contributed by atoms with Crippen LogP contribution < -0.4 is 11.1 Å². The maximum absolute atomic E-state index is 13.2. The van der Waals surface area contributed by atoms with Gasteiger partial charge < -0.3 is 11.1 Å². The average molecular weight is 235 g/mol. The molecule has 0 aliphatic rings. The van der Waals surface area contributed by atoms with Crippen LogP contribution >= 0.6 is 0 Å². The molecule has 3 N–H and O–H groups in total. The van der Waals surface area contributed by atoms with E-state index in [1.807, 2.05) is 0 Å². The third-order valence-electron chi connectivity index (χ3n) is 2.02. The van der Waals surface area contributed by atoms with Gasteiger partial charge in [0.15, 0.2) is 0 Å². The summed E-state index contributed by atoms with van der Waals surface area (Å²) < 4.78 is 13.2. The molecule has 0 spiro atoms. The minimum Gasteiger partial charge on any atom is -0.325 e. The van der Waals surface area contributed by atoms with Crippen LogP contribution in [-0.4, -0.2) is 11.4 Å². The van der Waals surface area contributed by atoms with Crippen molar-refractivity contribution < 1.29 is 9.18 Å². The quantitative estimate of drug-likeness (QED) is 0.837. The van der Waals surface area contributed by atoms with Gasteiger partial charge in [0.25, 0.3) is 0 Å². The van der Waals surface area contributed by atoms with E-state index in [-0.39, 0.29) is 23.6 Å². The monoisotopic (exact) mass is 235 g/mol. The van der Waals surface area contributed by atoms with Crippen LogP contribution in [-0.2, 0) is 4.79 Å². The first-order valence-electron chi connectivity index (χ1n) is 5.11. The van der Waals surface area contributed by atoms with Crippen molar-refractivity contribution in [3.05, 3.63) is 29.6 Å². The van der Waals surface area contributed by atoms with Gasteiger partial charge in [-0.15, -0.1) is 0 Å². The van der Waals surface area contributed by atoms with Crippen LogP contribution in [0, 0.1) is 17.1 Å². The second-order valence-corrected chi connectivity index (χ2v) is 4.49. The van der Waals surface area contributed by atoms with Crippen LogP contribution in [0.1, 0.15) is 25.8 Å². The highest BCUT2D eigenvalue weighted by molar-refractivity contribution is 5.92. The van der Waals surface area contributed by atoms with Crippen molar-refractivity contribution in [1.82, 2.24) is 0 Å².